The monoisotopic (exact) mass is 388 g/mol. The standard InChI is InChI=1S/C15H18FIN2O/c1-9-7-12(5-6-13(9)20-10(2)8-17)14-11(3)15(16)19(4)18-14/h5-7,10H,8H2,1-4H3. The number of benzene rings is 1. The molecule has 0 radical (unpaired) electrons. The summed E-state index contributed by atoms with van der Waals surface area (Å²) in [4.78, 5) is 0. The molecule has 0 aliphatic rings. The van der Waals surface area contributed by atoms with Gasteiger partial charge in [-0.05, 0) is 44.5 Å². The summed E-state index contributed by atoms with van der Waals surface area (Å²) in [6.45, 7) is 5.78. The Balaban J connectivity index is 2.35. The van der Waals surface area contributed by atoms with E-state index in [1.165, 1.54) is 4.68 Å². The fraction of sp³-hybridized carbons (Fsp3) is 0.400. The molecule has 0 saturated carbocycles. The maximum Gasteiger partial charge on any atom is 0.214 e. The Bertz CT molecular complexity index is 625. The number of aryl methyl sites for hydroxylation is 2. The van der Waals surface area contributed by atoms with E-state index in [-0.39, 0.29) is 12.1 Å². The molecule has 0 aliphatic carbocycles. The SMILES string of the molecule is Cc1cc(-c2nn(C)c(F)c2C)ccc1OC(C)CI. The largest absolute Gasteiger partial charge is 0.490 e. The minimum Gasteiger partial charge on any atom is -0.490 e. The summed E-state index contributed by atoms with van der Waals surface area (Å²) < 4.78 is 21.7. The molecule has 2 aromatic rings. The van der Waals surface area contributed by atoms with Crippen molar-refractivity contribution >= 4 is 22.6 Å². The van der Waals surface area contributed by atoms with Crippen LogP contribution in [-0.2, 0) is 7.05 Å². The molecule has 1 heterocycles. The van der Waals surface area contributed by atoms with Crippen molar-refractivity contribution in [2.75, 3.05) is 4.43 Å². The van der Waals surface area contributed by atoms with E-state index in [2.05, 4.69) is 27.7 Å². The molecule has 1 aromatic heterocycles. The molecule has 0 fully saturated rings. The van der Waals surface area contributed by atoms with Gasteiger partial charge in [0.15, 0.2) is 0 Å². The molecule has 1 unspecified atom stereocenters. The molecule has 20 heavy (non-hydrogen) atoms. The third kappa shape index (κ3) is 2.97. The summed E-state index contributed by atoms with van der Waals surface area (Å²) in [5, 5.41) is 4.23. The number of hydrogen-bond acceptors (Lipinski definition) is 2. The van der Waals surface area contributed by atoms with E-state index in [1.54, 1.807) is 14.0 Å². The van der Waals surface area contributed by atoms with Crippen LogP contribution in [0.15, 0.2) is 18.2 Å². The minimum absolute atomic E-state index is 0.175. The number of rotatable bonds is 4. The summed E-state index contributed by atoms with van der Waals surface area (Å²) in [5.41, 5.74) is 3.20. The van der Waals surface area contributed by atoms with E-state index in [4.69, 9.17) is 4.74 Å². The number of ether oxygens (including phenoxy) is 1. The zero-order valence-corrected chi connectivity index (χ0v) is 14.2. The van der Waals surface area contributed by atoms with Crippen LogP contribution in [0, 0.1) is 19.8 Å². The summed E-state index contributed by atoms with van der Waals surface area (Å²) in [5.74, 6) is 0.573. The van der Waals surface area contributed by atoms with E-state index in [0.717, 1.165) is 21.3 Å². The van der Waals surface area contributed by atoms with Gasteiger partial charge in [0, 0.05) is 22.6 Å². The van der Waals surface area contributed by atoms with Gasteiger partial charge in [0.1, 0.15) is 11.9 Å². The average molecular weight is 388 g/mol. The quantitative estimate of drug-likeness (QED) is 0.584. The first-order valence-corrected chi connectivity index (χ1v) is 7.99. The molecule has 0 spiro atoms. The van der Waals surface area contributed by atoms with Gasteiger partial charge in [-0.25, -0.2) is 4.68 Å². The van der Waals surface area contributed by atoms with E-state index in [0.29, 0.717) is 11.3 Å². The molecule has 0 aliphatic heterocycles. The fourth-order valence-electron chi connectivity index (χ4n) is 2.06. The van der Waals surface area contributed by atoms with Crippen molar-refractivity contribution in [1.82, 2.24) is 9.78 Å². The van der Waals surface area contributed by atoms with Crippen LogP contribution in [-0.4, -0.2) is 20.3 Å². The number of nitrogens with zero attached hydrogens (tertiary/aromatic N) is 2. The van der Waals surface area contributed by atoms with Crippen molar-refractivity contribution in [2.24, 2.45) is 7.05 Å². The van der Waals surface area contributed by atoms with Crippen LogP contribution in [0.5, 0.6) is 5.75 Å². The van der Waals surface area contributed by atoms with Crippen molar-refractivity contribution in [2.45, 2.75) is 26.9 Å². The molecule has 1 aromatic carbocycles. The van der Waals surface area contributed by atoms with Gasteiger partial charge >= 0.3 is 0 Å². The Morgan fingerprint density at radius 3 is 2.60 bits per heavy atom. The van der Waals surface area contributed by atoms with Gasteiger partial charge in [-0.15, -0.1) is 0 Å². The zero-order valence-electron chi connectivity index (χ0n) is 12.1. The van der Waals surface area contributed by atoms with Gasteiger partial charge in [-0.1, -0.05) is 22.6 Å². The Kier molecular flexibility index (Phi) is 4.67. The van der Waals surface area contributed by atoms with Crippen LogP contribution in [0.1, 0.15) is 18.1 Å². The average Bonchev–Trinajstić information content (AvgIpc) is 2.68. The molecule has 2 rings (SSSR count). The van der Waals surface area contributed by atoms with Gasteiger partial charge in [-0.2, -0.15) is 9.49 Å². The second-order valence-electron chi connectivity index (χ2n) is 4.95. The van der Waals surface area contributed by atoms with Crippen molar-refractivity contribution in [3.05, 3.63) is 35.3 Å². The zero-order chi connectivity index (χ0) is 14.9. The van der Waals surface area contributed by atoms with Crippen LogP contribution in [0.2, 0.25) is 0 Å². The minimum atomic E-state index is -0.295. The number of aromatic nitrogens is 2. The van der Waals surface area contributed by atoms with Gasteiger partial charge in [-0.3, -0.25) is 0 Å². The molecule has 0 amide bonds. The highest BCUT2D eigenvalue weighted by Crippen LogP contribution is 2.29. The van der Waals surface area contributed by atoms with E-state index < -0.39 is 0 Å². The predicted octanol–water partition coefficient (Wildman–Crippen LogP) is 4.05. The summed E-state index contributed by atoms with van der Waals surface area (Å²) in [6, 6.07) is 5.85. The number of halogens is 2. The second-order valence-corrected chi connectivity index (χ2v) is 5.83. The third-order valence-corrected chi connectivity index (χ3v) is 4.43. The normalized spacial score (nSPS) is 12.5. The van der Waals surface area contributed by atoms with Crippen LogP contribution in [0.3, 0.4) is 0 Å². The van der Waals surface area contributed by atoms with Gasteiger partial charge in [0.25, 0.3) is 0 Å². The van der Waals surface area contributed by atoms with Crippen molar-refractivity contribution in [1.29, 1.82) is 0 Å². The number of hydrogen-bond donors (Lipinski definition) is 0. The van der Waals surface area contributed by atoms with Gasteiger partial charge in [0.05, 0.1) is 5.69 Å². The van der Waals surface area contributed by atoms with E-state index in [9.17, 15) is 4.39 Å². The highest BCUT2D eigenvalue weighted by molar-refractivity contribution is 14.1. The Labute approximate surface area is 132 Å². The first kappa shape index (κ1) is 15.3. The summed E-state index contributed by atoms with van der Waals surface area (Å²) in [6.07, 6.45) is 0.175. The first-order chi connectivity index (χ1) is 9.43. The Morgan fingerprint density at radius 2 is 2.10 bits per heavy atom. The smallest absolute Gasteiger partial charge is 0.214 e. The number of alkyl halides is 1. The van der Waals surface area contributed by atoms with Crippen molar-refractivity contribution in [3.8, 4) is 17.0 Å². The lowest BCUT2D eigenvalue weighted by Gasteiger charge is -2.14. The fourth-order valence-corrected chi connectivity index (χ4v) is 2.24. The second kappa shape index (κ2) is 6.11. The molecule has 0 bridgehead atoms. The maximum atomic E-state index is 13.7. The van der Waals surface area contributed by atoms with Crippen LogP contribution >= 0.6 is 22.6 Å². The molecule has 0 N–H and O–H groups in total. The molecular weight excluding hydrogens is 370 g/mol. The van der Waals surface area contributed by atoms with Crippen LogP contribution in [0.4, 0.5) is 4.39 Å². The lowest BCUT2D eigenvalue weighted by Crippen LogP contribution is -2.13. The third-order valence-electron chi connectivity index (χ3n) is 3.19. The van der Waals surface area contributed by atoms with Crippen LogP contribution < -0.4 is 4.74 Å². The molecule has 3 nitrogen and oxygen atoms in total. The Hall–Kier alpha value is -1.11. The van der Waals surface area contributed by atoms with Crippen molar-refractivity contribution in [3.63, 3.8) is 0 Å². The van der Waals surface area contributed by atoms with Crippen LogP contribution in [0.25, 0.3) is 11.3 Å². The summed E-state index contributed by atoms with van der Waals surface area (Å²) >= 11 is 2.30. The predicted molar refractivity (Wildman–Crippen MR) is 87.1 cm³/mol. The van der Waals surface area contributed by atoms with Gasteiger partial charge in [0.2, 0.25) is 5.95 Å². The van der Waals surface area contributed by atoms with E-state index in [1.807, 2.05) is 32.0 Å². The Morgan fingerprint density at radius 1 is 1.40 bits per heavy atom. The lowest BCUT2D eigenvalue weighted by atomic mass is 10.1. The van der Waals surface area contributed by atoms with E-state index >= 15 is 0 Å². The molecule has 0 saturated heterocycles. The molecular formula is C15H18FIN2O. The summed E-state index contributed by atoms with van der Waals surface area (Å²) in [7, 11) is 1.61. The highest BCUT2D eigenvalue weighted by Gasteiger charge is 2.15. The maximum absolute atomic E-state index is 13.7. The van der Waals surface area contributed by atoms with Gasteiger partial charge < -0.3 is 4.74 Å². The molecule has 1 atom stereocenters. The molecule has 5 heteroatoms. The highest BCUT2D eigenvalue weighted by atomic mass is 127. The molecule has 108 valence electrons. The lowest BCUT2D eigenvalue weighted by molar-refractivity contribution is 0.248. The van der Waals surface area contributed by atoms with Crippen molar-refractivity contribution < 1.29 is 9.13 Å². The first-order valence-electron chi connectivity index (χ1n) is 6.46. The topological polar surface area (TPSA) is 27.1 Å².